The van der Waals surface area contributed by atoms with E-state index in [1.54, 1.807) is 23.5 Å². The fraction of sp³-hybridized carbons (Fsp3) is 0.0455. The molecule has 1 amide bonds. The van der Waals surface area contributed by atoms with Crippen molar-refractivity contribution < 1.29 is 4.79 Å². The second-order valence-corrected chi connectivity index (χ2v) is 7.47. The molecule has 0 saturated heterocycles. The maximum Gasteiger partial charge on any atom is 0.262 e. The SMILES string of the molecule is O=C(c1c[nH]c2ccccc12)N(Cc1cccnc1)c1nc2ccccc2s1. The third-order valence-corrected chi connectivity index (χ3v) is 5.70. The Hall–Kier alpha value is -3.51. The van der Waals surface area contributed by atoms with Crippen molar-refractivity contribution in [3.8, 4) is 0 Å². The molecule has 0 atom stereocenters. The van der Waals surface area contributed by atoms with Crippen LogP contribution in [0.25, 0.3) is 21.1 Å². The van der Waals surface area contributed by atoms with Crippen molar-refractivity contribution in [2.24, 2.45) is 0 Å². The zero-order chi connectivity index (χ0) is 18.9. The van der Waals surface area contributed by atoms with Crippen molar-refractivity contribution in [3.63, 3.8) is 0 Å². The lowest BCUT2D eigenvalue weighted by Gasteiger charge is -2.19. The first-order valence-corrected chi connectivity index (χ1v) is 9.74. The van der Waals surface area contributed by atoms with Crippen LogP contribution in [-0.4, -0.2) is 20.9 Å². The van der Waals surface area contributed by atoms with Crippen molar-refractivity contribution >= 4 is 43.5 Å². The van der Waals surface area contributed by atoms with Gasteiger partial charge in [0.15, 0.2) is 5.13 Å². The Labute approximate surface area is 165 Å². The number of benzene rings is 2. The highest BCUT2D eigenvalue weighted by molar-refractivity contribution is 7.22. The van der Waals surface area contributed by atoms with Gasteiger partial charge in [0.1, 0.15) is 0 Å². The number of nitrogens with one attached hydrogen (secondary N) is 1. The molecule has 0 aliphatic heterocycles. The van der Waals surface area contributed by atoms with Crippen LogP contribution < -0.4 is 4.90 Å². The van der Waals surface area contributed by atoms with Gasteiger partial charge in [0.2, 0.25) is 0 Å². The predicted molar refractivity (Wildman–Crippen MR) is 113 cm³/mol. The van der Waals surface area contributed by atoms with Crippen molar-refractivity contribution in [3.05, 3.63) is 90.4 Å². The summed E-state index contributed by atoms with van der Waals surface area (Å²) in [5, 5.41) is 1.59. The van der Waals surface area contributed by atoms with Crippen LogP contribution in [0.15, 0.2) is 79.3 Å². The van der Waals surface area contributed by atoms with Crippen molar-refractivity contribution in [1.29, 1.82) is 0 Å². The summed E-state index contributed by atoms with van der Waals surface area (Å²) in [6.45, 7) is 0.409. The van der Waals surface area contributed by atoms with E-state index in [0.717, 1.165) is 26.7 Å². The molecule has 0 radical (unpaired) electrons. The lowest BCUT2D eigenvalue weighted by atomic mass is 10.1. The summed E-state index contributed by atoms with van der Waals surface area (Å²) >= 11 is 1.52. The van der Waals surface area contributed by atoms with Crippen molar-refractivity contribution in [2.45, 2.75) is 6.54 Å². The smallest absolute Gasteiger partial charge is 0.262 e. The normalized spacial score (nSPS) is 11.1. The standard InChI is InChI=1S/C22H16N4OS/c27-21(17-13-24-18-8-2-1-7-16(17)18)26(14-15-6-5-11-23-12-15)22-25-19-9-3-4-10-20(19)28-22/h1-13,24H,14H2. The largest absolute Gasteiger partial charge is 0.360 e. The number of para-hydroxylation sites is 2. The Balaban J connectivity index is 1.61. The fourth-order valence-electron chi connectivity index (χ4n) is 3.27. The van der Waals surface area contributed by atoms with E-state index in [4.69, 9.17) is 4.98 Å². The molecular weight excluding hydrogens is 368 g/mol. The monoisotopic (exact) mass is 384 g/mol. The van der Waals surface area contributed by atoms with E-state index in [-0.39, 0.29) is 5.91 Å². The summed E-state index contributed by atoms with van der Waals surface area (Å²) in [6, 6.07) is 19.6. The lowest BCUT2D eigenvalue weighted by molar-refractivity contribution is 0.0986. The van der Waals surface area contributed by atoms with Gasteiger partial charge in [0, 0.05) is 29.5 Å². The minimum atomic E-state index is -0.0830. The zero-order valence-corrected chi connectivity index (χ0v) is 15.7. The van der Waals surface area contributed by atoms with Gasteiger partial charge in [0.05, 0.1) is 22.3 Å². The molecule has 0 bridgehead atoms. The molecule has 3 heterocycles. The van der Waals surface area contributed by atoms with Crippen LogP contribution in [0.5, 0.6) is 0 Å². The molecule has 5 rings (SSSR count). The second kappa shape index (κ2) is 6.90. The maximum atomic E-state index is 13.6. The molecule has 0 unspecified atom stereocenters. The summed E-state index contributed by atoms with van der Waals surface area (Å²) < 4.78 is 1.06. The minimum absolute atomic E-state index is 0.0830. The van der Waals surface area contributed by atoms with Crippen LogP contribution in [0.4, 0.5) is 5.13 Å². The van der Waals surface area contributed by atoms with Gasteiger partial charge < -0.3 is 4.98 Å². The minimum Gasteiger partial charge on any atom is -0.360 e. The molecule has 0 aliphatic carbocycles. The number of thiazole rings is 1. The quantitative estimate of drug-likeness (QED) is 0.473. The molecule has 0 spiro atoms. The number of carbonyl (C=O) groups is 1. The Morgan fingerprint density at radius 1 is 1.04 bits per heavy atom. The van der Waals surface area contributed by atoms with Crippen molar-refractivity contribution in [2.75, 3.05) is 4.90 Å². The molecule has 5 aromatic rings. The van der Waals surface area contributed by atoms with E-state index in [1.165, 1.54) is 11.3 Å². The van der Waals surface area contributed by atoms with Crippen LogP contribution in [0, 0.1) is 0 Å². The summed E-state index contributed by atoms with van der Waals surface area (Å²) in [7, 11) is 0. The second-order valence-electron chi connectivity index (χ2n) is 6.46. The number of hydrogen-bond acceptors (Lipinski definition) is 4. The van der Waals surface area contributed by atoms with Crippen LogP contribution >= 0.6 is 11.3 Å². The highest BCUT2D eigenvalue weighted by atomic mass is 32.1. The Morgan fingerprint density at radius 3 is 2.75 bits per heavy atom. The van der Waals surface area contributed by atoms with E-state index in [2.05, 4.69) is 9.97 Å². The first-order valence-electron chi connectivity index (χ1n) is 8.92. The Kier molecular flexibility index (Phi) is 4.10. The molecule has 0 aliphatic rings. The van der Waals surface area contributed by atoms with Crippen LogP contribution in [0.3, 0.4) is 0 Å². The van der Waals surface area contributed by atoms with E-state index < -0.39 is 0 Å². The first kappa shape index (κ1) is 16.6. The zero-order valence-electron chi connectivity index (χ0n) is 14.9. The Morgan fingerprint density at radius 2 is 1.89 bits per heavy atom. The van der Waals surface area contributed by atoms with Crippen LogP contribution in [-0.2, 0) is 6.54 Å². The fourth-order valence-corrected chi connectivity index (χ4v) is 4.23. The summed E-state index contributed by atoms with van der Waals surface area (Å²) in [6.07, 6.45) is 5.28. The number of pyridine rings is 1. The summed E-state index contributed by atoms with van der Waals surface area (Å²) in [5.74, 6) is -0.0830. The highest BCUT2D eigenvalue weighted by Gasteiger charge is 2.24. The summed E-state index contributed by atoms with van der Waals surface area (Å²) in [4.78, 5) is 27.4. The van der Waals surface area contributed by atoms with E-state index in [9.17, 15) is 4.79 Å². The van der Waals surface area contributed by atoms with Gasteiger partial charge in [-0.2, -0.15) is 0 Å². The number of amides is 1. The third-order valence-electron chi connectivity index (χ3n) is 4.64. The number of anilines is 1. The van der Waals surface area contributed by atoms with Gasteiger partial charge in [-0.25, -0.2) is 4.98 Å². The van der Waals surface area contributed by atoms with E-state index >= 15 is 0 Å². The molecule has 6 heteroatoms. The molecule has 5 nitrogen and oxygen atoms in total. The predicted octanol–water partition coefficient (Wildman–Crippen LogP) is 5.02. The van der Waals surface area contributed by atoms with Gasteiger partial charge >= 0.3 is 0 Å². The molecular formula is C22H16N4OS. The van der Waals surface area contributed by atoms with Crippen LogP contribution in [0.2, 0.25) is 0 Å². The van der Waals surface area contributed by atoms with Crippen LogP contribution in [0.1, 0.15) is 15.9 Å². The van der Waals surface area contributed by atoms with Gasteiger partial charge in [-0.1, -0.05) is 47.7 Å². The van der Waals surface area contributed by atoms with Gasteiger partial charge in [-0.3, -0.25) is 14.7 Å². The number of fused-ring (bicyclic) bond motifs is 2. The average Bonchev–Trinajstić information content (AvgIpc) is 3.36. The number of aromatic amines is 1. The number of H-pyrrole nitrogens is 1. The van der Waals surface area contributed by atoms with E-state index in [0.29, 0.717) is 17.2 Å². The number of nitrogens with zero attached hydrogens (tertiary/aromatic N) is 3. The summed E-state index contributed by atoms with van der Waals surface area (Å²) in [5.41, 5.74) is 3.43. The molecule has 1 N–H and O–H groups in total. The number of rotatable bonds is 4. The van der Waals surface area contributed by atoms with Crippen molar-refractivity contribution in [1.82, 2.24) is 15.0 Å². The number of aromatic nitrogens is 3. The maximum absolute atomic E-state index is 13.6. The number of hydrogen-bond donors (Lipinski definition) is 1. The highest BCUT2D eigenvalue weighted by Crippen LogP contribution is 2.31. The third kappa shape index (κ3) is 2.93. The number of carbonyl (C=O) groups excluding carboxylic acids is 1. The van der Waals surface area contributed by atoms with E-state index in [1.807, 2.05) is 60.7 Å². The topological polar surface area (TPSA) is 61.9 Å². The molecule has 28 heavy (non-hydrogen) atoms. The first-order chi connectivity index (χ1) is 13.8. The molecule has 136 valence electrons. The average molecular weight is 384 g/mol. The molecule has 0 saturated carbocycles. The van der Waals surface area contributed by atoms with Gasteiger partial charge in [-0.15, -0.1) is 0 Å². The van der Waals surface area contributed by atoms with Gasteiger partial charge in [0.25, 0.3) is 5.91 Å². The molecule has 3 aromatic heterocycles. The molecule has 0 fully saturated rings. The molecule has 2 aromatic carbocycles. The lowest BCUT2D eigenvalue weighted by Crippen LogP contribution is -2.30. The van der Waals surface area contributed by atoms with Gasteiger partial charge in [-0.05, 0) is 29.8 Å². The Bertz CT molecular complexity index is 1240.